The molecule has 0 aromatic rings. The molecule has 0 aliphatic heterocycles. The number of nitrogens with one attached hydrogen (secondary N) is 2. The summed E-state index contributed by atoms with van der Waals surface area (Å²) in [7, 11) is 5.17. The third-order valence-corrected chi connectivity index (χ3v) is 5.47. The van der Waals surface area contributed by atoms with Crippen LogP contribution in [0.2, 0.25) is 0 Å². The topological polar surface area (TPSA) is 75.2 Å². The Hall–Kier alpha value is -1.34. The van der Waals surface area contributed by atoms with Crippen molar-refractivity contribution in [3.05, 3.63) is 0 Å². The van der Waals surface area contributed by atoms with E-state index in [4.69, 9.17) is 9.47 Å². The summed E-state index contributed by atoms with van der Waals surface area (Å²) in [6.45, 7) is 4.23. The Morgan fingerprint density at radius 3 is 2.64 bits per heavy atom. The Labute approximate surface area is 151 Å². The molecule has 0 bridgehead atoms. The van der Waals surface area contributed by atoms with Gasteiger partial charge in [0.05, 0.1) is 12.7 Å². The fraction of sp³-hybridized carbons (Fsp3) is 0.889. The van der Waals surface area contributed by atoms with Gasteiger partial charge in [0, 0.05) is 45.8 Å². The number of carbonyl (C=O) groups is 1. The van der Waals surface area contributed by atoms with Crippen LogP contribution < -0.4 is 10.6 Å². The lowest BCUT2D eigenvalue weighted by Crippen LogP contribution is -2.65. The Morgan fingerprint density at radius 1 is 1.32 bits per heavy atom. The van der Waals surface area contributed by atoms with Crippen molar-refractivity contribution < 1.29 is 14.3 Å². The summed E-state index contributed by atoms with van der Waals surface area (Å²) in [5.74, 6) is 0.683. The number of likely N-dealkylation sites (N-methyl/N-ethyl adjacent to an activating group) is 1. The summed E-state index contributed by atoms with van der Waals surface area (Å²) in [4.78, 5) is 17.9. The summed E-state index contributed by atoms with van der Waals surface area (Å²) in [6.07, 6.45) is 6.30. The molecular weight excluding hydrogens is 320 g/mol. The number of nitrogens with zero attached hydrogens (tertiary/aromatic N) is 2. The Kier molecular flexibility index (Phi) is 7.50. The first-order chi connectivity index (χ1) is 12.0. The SMILES string of the molecule is CCOC1CC(NC(=NCC(=O)N(C)C)NCCOC)C12CCCC2. The third-order valence-electron chi connectivity index (χ3n) is 5.47. The van der Waals surface area contributed by atoms with Crippen molar-refractivity contribution in [3.8, 4) is 0 Å². The first-order valence-electron chi connectivity index (χ1n) is 9.39. The largest absolute Gasteiger partial charge is 0.383 e. The Bertz CT molecular complexity index is 461. The fourth-order valence-corrected chi connectivity index (χ4v) is 3.97. The normalized spacial score (nSPS) is 24.9. The molecular formula is C18H34N4O3. The maximum absolute atomic E-state index is 11.9. The van der Waals surface area contributed by atoms with Crippen LogP contribution in [0.25, 0.3) is 0 Å². The molecule has 2 N–H and O–H groups in total. The van der Waals surface area contributed by atoms with Crippen molar-refractivity contribution in [2.45, 2.75) is 51.2 Å². The zero-order chi connectivity index (χ0) is 18.3. The molecule has 1 spiro atoms. The van der Waals surface area contributed by atoms with E-state index in [2.05, 4.69) is 22.5 Å². The van der Waals surface area contributed by atoms with Gasteiger partial charge in [-0.3, -0.25) is 4.79 Å². The van der Waals surface area contributed by atoms with E-state index in [0.717, 1.165) is 13.0 Å². The second kappa shape index (κ2) is 9.38. The van der Waals surface area contributed by atoms with Gasteiger partial charge in [-0.25, -0.2) is 4.99 Å². The van der Waals surface area contributed by atoms with Crippen LogP contribution in [0.4, 0.5) is 0 Å². The molecule has 0 aromatic heterocycles. The van der Waals surface area contributed by atoms with E-state index < -0.39 is 0 Å². The predicted molar refractivity (Wildman–Crippen MR) is 98.7 cm³/mol. The third kappa shape index (κ3) is 4.85. The molecule has 2 aliphatic carbocycles. The van der Waals surface area contributed by atoms with Crippen molar-refractivity contribution in [3.63, 3.8) is 0 Å². The van der Waals surface area contributed by atoms with Gasteiger partial charge >= 0.3 is 0 Å². The molecule has 7 heteroatoms. The Morgan fingerprint density at radius 2 is 2.04 bits per heavy atom. The minimum Gasteiger partial charge on any atom is -0.383 e. The van der Waals surface area contributed by atoms with E-state index in [-0.39, 0.29) is 17.9 Å². The van der Waals surface area contributed by atoms with E-state index in [1.54, 1.807) is 26.1 Å². The number of guanidine groups is 1. The van der Waals surface area contributed by atoms with E-state index in [1.807, 2.05) is 0 Å². The number of carbonyl (C=O) groups excluding carboxylic acids is 1. The smallest absolute Gasteiger partial charge is 0.243 e. The fourth-order valence-electron chi connectivity index (χ4n) is 3.97. The van der Waals surface area contributed by atoms with Gasteiger partial charge in [0.25, 0.3) is 0 Å². The van der Waals surface area contributed by atoms with E-state index in [0.29, 0.717) is 31.3 Å². The lowest BCUT2D eigenvalue weighted by Gasteiger charge is -2.54. The maximum Gasteiger partial charge on any atom is 0.243 e. The zero-order valence-electron chi connectivity index (χ0n) is 16.1. The van der Waals surface area contributed by atoms with Crippen molar-refractivity contribution in [2.24, 2.45) is 10.4 Å². The van der Waals surface area contributed by atoms with Gasteiger partial charge in [0.2, 0.25) is 5.91 Å². The van der Waals surface area contributed by atoms with Gasteiger partial charge in [-0.05, 0) is 26.2 Å². The molecule has 0 heterocycles. The van der Waals surface area contributed by atoms with E-state index >= 15 is 0 Å². The monoisotopic (exact) mass is 354 g/mol. The molecule has 0 radical (unpaired) electrons. The molecule has 2 aliphatic rings. The highest BCUT2D eigenvalue weighted by molar-refractivity contribution is 5.85. The van der Waals surface area contributed by atoms with Gasteiger partial charge < -0.3 is 25.0 Å². The molecule has 25 heavy (non-hydrogen) atoms. The van der Waals surface area contributed by atoms with Crippen LogP contribution in [-0.4, -0.2) is 76.4 Å². The van der Waals surface area contributed by atoms with E-state index in [1.165, 1.54) is 25.7 Å². The first kappa shape index (κ1) is 20.0. The van der Waals surface area contributed by atoms with Crippen LogP contribution in [-0.2, 0) is 14.3 Å². The number of rotatable bonds is 8. The highest BCUT2D eigenvalue weighted by atomic mass is 16.5. The van der Waals surface area contributed by atoms with Crippen LogP contribution >= 0.6 is 0 Å². The minimum absolute atomic E-state index is 0.00998. The average molecular weight is 354 g/mol. The van der Waals surface area contributed by atoms with Crippen LogP contribution in [0.5, 0.6) is 0 Å². The summed E-state index contributed by atoms with van der Waals surface area (Å²) < 4.78 is 11.1. The predicted octanol–water partition coefficient (Wildman–Crippen LogP) is 0.994. The quantitative estimate of drug-likeness (QED) is 0.386. The van der Waals surface area contributed by atoms with Crippen LogP contribution in [0, 0.1) is 5.41 Å². The molecule has 2 unspecified atom stereocenters. The van der Waals surface area contributed by atoms with Gasteiger partial charge in [0.15, 0.2) is 5.96 Å². The van der Waals surface area contributed by atoms with Crippen LogP contribution in [0.15, 0.2) is 4.99 Å². The van der Waals surface area contributed by atoms with Crippen molar-refractivity contribution in [1.82, 2.24) is 15.5 Å². The number of hydrogen-bond donors (Lipinski definition) is 2. The summed E-state index contributed by atoms with van der Waals surface area (Å²) >= 11 is 0. The lowest BCUT2D eigenvalue weighted by molar-refractivity contribution is -0.127. The van der Waals surface area contributed by atoms with Gasteiger partial charge in [-0.15, -0.1) is 0 Å². The summed E-state index contributed by atoms with van der Waals surface area (Å²) in [5.41, 5.74) is 0.227. The first-order valence-corrected chi connectivity index (χ1v) is 9.39. The van der Waals surface area contributed by atoms with Crippen molar-refractivity contribution >= 4 is 11.9 Å². The van der Waals surface area contributed by atoms with Gasteiger partial charge in [0.1, 0.15) is 6.54 Å². The highest BCUT2D eigenvalue weighted by Crippen LogP contribution is 2.54. The molecule has 2 atom stereocenters. The van der Waals surface area contributed by atoms with Gasteiger partial charge in [-0.1, -0.05) is 12.8 Å². The molecule has 2 fully saturated rings. The zero-order valence-corrected chi connectivity index (χ0v) is 16.1. The number of hydrogen-bond acceptors (Lipinski definition) is 4. The molecule has 1 amide bonds. The highest BCUT2D eigenvalue weighted by Gasteiger charge is 2.56. The maximum atomic E-state index is 11.9. The number of methoxy groups -OCH3 is 1. The van der Waals surface area contributed by atoms with Crippen molar-refractivity contribution in [1.29, 1.82) is 0 Å². The lowest BCUT2D eigenvalue weighted by atomic mass is 9.60. The molecule has 2 rings (SSSR count). The van der Waals surface area contributed by atoms with Crippen LogP contribution in [0.1, 0.15) is 39.0 Å². The number of amides is 1. The van der Waals surface area contributed by atoms with Gasteiger partial charge in [-0.2, -0.15) is 0 Å². The summed E-state index contributed by atoms with van der Waals surface area (Å²) in [5, 5.41) is 6.83. The van der Waals surface area contributed by atoms with E-state index in [9.17, 15) is 4.79 Å². The molecule has 2 saturated carbocycles. The molecule has 144 valence electrons. The standard InChI is InChI=1S/C18H34N4O3/c1-5-25-15-12-14(18(15)8-6-7-9-18)21-17(19-10-11-24-4)20-13-16(23)22(2)3/h14-15H,5-13H2,1-4H3,(H2,19,20,21). The number of ether oxygens (including phenoxy) is 2. The Balaban J connectivity index is 2.00. The molecule has 0 saturated heterocycles. The minimum atomic E-state index is -0.00998. The second-order valence-electron chi connectivity index (χ2n) is 7.19. The van der Waals surface area contributed by atoms with Crippen LogP contribution in [0.3, 0.4) is 0 Å². The molecule has 7 nitrogen and oxygen atoms in total. The molecule has 0 aromatic carbocycles. The number of aliphatic imine (C=N–C) groups is 1. The summed E-state index contributed by atoms with van der Waals surface area (Å²) in [6, 6.07) is 0.356. The van der Waals surface area contributed by atoms with Crippen molar-refractivity contribution in [2.75, 3.05) is 47.5 Å². The average Bonchev–Trinajstić information content (AvgIpc) is 3.10. The second-order valence-corrected chi connectivity index (χ2v) is 7.19.